The van der Waals surface area contributed by atoms with E-state index in [1.165, 1.54) is 0 Å². The van der Waals surface area contributed by atoms with Gasteiger partial charge in [0.05, 0.1) is 24.3 Å². The lowest BCUT2D eigenvalue weighted by Crippen LogP contribution is -2.28. The molecular formula is C11H12N4. The number of rotatable bonds is 3. The van der Waals surface area contributed by atoms with Gasteiger partial charge < -0.3 is 5.32 Å². The Hall–Kier alpha value is -1.86. The van der Waals surface area contributed by atoms with Crippen LogP contribution in [0.25, 0.3) is 10.9 Å². The van der Waals surface area contributed by atoms with Crippen LogP contribution in [0.4, 0.5) is 0 Å². The molecule has 4 heteroatoms. The van der Waals surface area contributed by atoms with E-state index in [2.05, 4.69) is 16.5 Å². The molecule has 4 nitrogen and oxygen atoms in total. The van der Waals surface area contributed by atoms with E-state index in [0.717, 1.165) is 10.9 Å². The zero-order valence-electron chi connectivity index (χ0n) is 8.51. The highest BCUT2D eigenvalue weighted by Gasteiger charge is 2.07. The number of nitrogens with one attached hydrogen (secondary N) is 1. The van der Waals surface area contributed by atoms with Crippen LogP contribution in [-0.4, -0.2) is 22.9 Å². The predicted molar refractivity (Wildman–Crippen MR) is 58.2 cm³/mol. The number of para-hydroxylation sites is 1. The van der Waals surface area contributed by atoms with Crippen LogP contribution in [0.1, 0.15) is 0 Å². The van der Waals surface area contributed by atoms with E-state index < -0.39 is 0 Å². The summed E-state index contributed by atoms with van der Waals surface area (Å²) < 4.78 is 1.85. The van der Waals surface area contributed by atoms with Crippen LogP contribution >= 0.6 is 0 Å². The molecule has 76 valence electrons. The Kier molecular flexibility index (Phi) is 2.66. The van der Waals surface area contributed by atoms with Gasteiger partial charge in [-0.1, -0.05) is 18.2 Å². The van der Waals surface area contributed by atoms with Crippen molar-refractivity contribution in [3.63, 3.8) is 0 Å². The van der Waals surface area contributed by atoms with Crippen molar-refractivity contribution in [3.05, 3.63) is 30.5 Å². The van der Waals surface area contributed by atoms with Crippen molar-refractivity contribution in [3.8, 4) is 6.07 Å². The van der Waals surface area contributed by atoms with E-state index in [0.29, 0.717) is 6.54 Å². The summed E-state index contributed by atoms with van der Waals surface area (Å²) in [5.74, 6) is 0. The SMILES string of the molecule is CNC(C#N)Cn1ncc2ccccc21. The average Bonchev–Trinajstić information content (AvgIpc) is 2.69. The molecule has 0 saturated heterocycles. The van der Waals surface area contributed by atoms with E-state index in [9.17, 15) is 0 Å². The highest BCUT2D eigenvalue weighted by atomic mass is 15.3. The van der Waals surface area contributed by atoms with Gasteiger partial charge in [0.25, 0.3) is 0 Å². The molecule has 2 rings (SSSR count). The second-order valence-corrected chi connectivity index (χ2v) is 3.36. The first-order chi connectivity index (χ1) is 7.35. The minimum Gasteiger partial charge on any atom is -0.303 e. The molecule has 0 saturated carbocycles. The van der Waals surface area contributed by atoms with Crippen molar-refractivity contribution in [2.24, 2.45) is 0 Å². The summed E-state index contributed by atoms with van der Waals surface area (Å²) >= 11 is 0. The highest BCUT2D eigenvalue weighted by molar-refractivity contribution is 5.78. The number of hydrogen-bond acceptors (Lipinski definition) is 3. The van der Waals surface area contributed by atoms with E-state index >= 15 is 0 Å². The third-order valence-corrected chi connectivity index (χ3v) is 2.41. The number of fused-ring (bicyclic) bond motifs is 1. The summed E-state index contributed by atoms with van der Waals surface area (Å²) in [4.78, 5) is 0. The van der Waals surface area contributed by atoms with E-state index in [1.54, 1.807) is 7.05 Å². The smallest absolute Gasteiger partial charge is 0.115 e. The summed E-state index contributed by atoms with van der Waals surface area (Å²) in [6.45, 7) is 0.570. The molecule has 0 spiro atoms. The Balaban J connectivity index is 2.33. The minimum atomic E-state index is -0.201. The van der Waals surface area contributed by atoms with E-state index in [1.807, 2.05) is 35.1 Å². The van der Waals surface area contributed by atoms with Gasteiger partial charge in [-0.2, -0.15) is 10.4 Å². The van der Waals surface area contributed by atoms with Crippen LogP contribution in [0.2, 0.25) is 0 Å². The number of benzene rings is 1. The first-order valence-corrected chi connectivity index (χ1v) is 4.82. The summed E-state index contributed by atoms with van der Waals surface area (Å²) in [5, 5.41) is 17.1. The Labute approximate surface area is 88.1 Å². The molecule has 0 aliphatic heterocycles. The zero-order chi connectivity index (χ0) is 10.7. The Bertz CT molecular complexity index is 495. The topological polar surface area (TPSA) is 53.6 Å². The number of aromatic nitrogens is 2. The van der Waals surface area contributed by atoms with Gasteiger partial charge >= 0.3 is 0 Å². The van der Waals surface area contributed by atoms with Gasteiger partial charge in [-0.05, 0) is 13.1 Å². The van der Waals surface area contributed by atoms with Crippen LogP contribution in [0.15, 0.2) is 30.5 Å². The predicted octanol–water partition coefficient (Wildman–Crippen LogP) is 1.15. The van der Waals surface area contributed by atoms with Gasteiger partial charge in [-0.15, -0.1) is 0 Å². The maximum atomic E-state index is 8.84. The summed E-state index contributed by atoms with van der Waals surface area (Å²) in [6, 6.07) is 9.96. The molecule has 2 aromatic rings. The molecule has 1 unspecified atom stereocenters. The quantitative estimate of drug-likeness (QED) is 0.808. The average molecular weight is 200 g/mol. The van der Waals surface area contributed by atoms with Crippen molar-refractivity contribution in [1.29, 1.82) is 5.26 Å². The third-order valence-electron chi connectivity index (χ3n) is 2.41. The van der Waals surface area contributed by atoms with E-state index in [4.69, 9.17) is 5.26 Å². The number of hydrogen-bond donors (Lipinski definition) is 1. The third kappa shape index (κ3) is 1.83. The second kappa shape index (κ2) is 4.11. The second-order valence-electron chi connectivity index (χ2n) is 3.36. The van der Waals surface area contributed by atoms with E-state index in [-0.39, 0.29) is 6.04 Å². The number of nitrogens with zero attached hydrogens (tertiary/aromatic N) is 3. The van der Waals surface area contributed by atoms with Crippen molar-refractivity contribution in [1.82, 2.24) is 15.1 Å². The fourth-order valence-electron chi connectivity index (χ4n) is 1.54. The molecule has 1 heterocycles. The monoisotopic (exact) mass is 200 g/mol. The van der Waals surface area contributed by atoms with Gasteiger partial charge in [0.1, 0.15) is 6.04 Å². The highest BCUT2D eigenvalue weighted by Crippen LogP contribution is 2.12. The van der Waals surface area contributed by atoms with Gasteiger partial charge in [-0.3, -0.25) is 4.68 Å². The number of nitriles is 1. The molecule has 0 aliphatic carbocycles. The fourth-order valence-corrected chi connectivity index (χ4v) is 1.54. The molecule has 15 heavy (non-hydrogen) atoms. The molecule has 0 amide bonds. The molecule has 1 N–H and O–H groups in total. The standard InChI is InChI=1S/C11H12N4/c1-13-10(6-12)8-15-11-5-3-2-4-9(11)7-14-15/h2-5,7,10,13H,8H2,1H3. The number of likely N-dealkylation sites (N-methyl/N-ethyl adjacent to an activating group) is 1. The largest absolute Gasteiger partial charge is 0.303 e. The summed E-state index contributed by atoms with van der Waals surface area (Å²) in [5.41, 5.74) is 1.06. The Morgan fingerprint density at radius 1 is 1.53 bits per heavy atom. The lowest BCUT2D eigenvalue weighted by atomic mass is 10.2. The van der Waals surface area contributed by atoms with Crippen molar-refractivity contribution >= 4 is 10.9 Å². The molecule has 1 aromatic carbocycles. The van der Waals surface area contributed by atoms with Crippen LogP contribution in [-0.2, 0) is 6.54 Å². The van der Waals surface area contributed by atoms with Crippen molar-refractivity contribution in [2.45, 2.75) is 12.6 Å². The lowest BCUT2D eigenvalue weighted by molar-refractivity contribution is 0.534. The molecule has 0 bridgehead atoms. The summed E-state index contributed by atoms with van der Waals surface area (Å²) in [7, 11) is 1.78. The van der Waals surface area contributed by atoms with Crippen LogP contribution in [0.5, 0.6) is 0 Å². The Morgan fingerprint density at radius 3 is 3.07 bits per heavy atom. The first kappa shape index (κ1) is 9.69. The molecule has 0 aliphatic rings. The van der Waals surface area contributed by atoms with Gasteiger partial charge in [-0.25, -0.2) is 0 Å². The van der Waals surface area contributed by atoms with Gasteiger partial charge in [0.15, 0.2) is 0 Å². The van der Waals surface area contributed by atoms with Crippen molar-refractivity contribution in [2.75, 3.05) is 7.05 Å². The van der Waals surface area contributed by atoms with Gasteiger partial charge in [0.2, 0.25) is 0 Å². The molecule has 1 aromatic heterocycles. The zero-order valence-corrected chi connectivity index (χ0v) is 8.51. The lowest BCUT2D eigenvalue weighted by Gasteiger charge is -2.08. The molecule has 0 radical (unpaired) electrons. The normalized spacial score (nSPS) is 12.5. The first-order valence-electron chi connectivity index (χ1n) is 4.82. The molecule has 0 fully saturated rings. The maximum absolute atomic E-state index is 8.84. The van der Waals surface area contributed by atoms with Crippen LogP contribution < -0.4 is 5.32 Å². The van der Waals surface area contributed by atoms with Crippen molar-refractivity contribution < 1.29 is 0 Å². The molecular weight excluding hydrogens is 188 g/mol. The van der Waals surface area contributed by atoms with Gasteiger partial charge in [0, 0.05) is 5.39 Å². The minimum absolute atomic E-state index is 0.201. The maximum Gasteiger partial charge on any atom is 0.115 e. The Morgan fingerprint density at radius 2 is 2.33 bits per heavy atom. The fraction of sp³-hybridized carbons (Fsp3) is 0.273. The van der Waals surface area contributed by atoms with Crippen LogP contribution in [0, 0.1) is 11.3 Å². The van der Waals surface area contributed by atoms with Crippen LogP contribution in [0.3, 0.4) is 0 Å². The summed E-state index contributed by atoms with van der Waals surface area (Å²) in [6.07, 6.45) is 1.82. The molecule has 1 atom stereocenters.